The molecule has 2 atom stereocenters. The number of nitrogens with one attached hydrogen (secondary N) is 2. The van der Waals surface area contributed by atoms with Crippen molar-refractivity contribution in [3.05, 3.63) is 41.7 Å². The van der Waals surface area contributed by atoms with Crippen LogP contribution < -0.4 is 15.4 Å². The van der Waals surface area contributed by atoms with Crippen LogP contribution in [0.4, 0.5) is 0 Å². The van der Waals surface area contributed by atoms with Crippen molar-refractivity contribution >= 4 is 22.8 Å². The molecule has 2 fully saturated rings. The number of amides is 2. The van der Waals surface area contributed by atoms with E-state index in [1.54, 1.807) is 0 Å². The van der Waals surface area contributed by atoms with Gasteiger partial charge in [0.1, 0.15) is 11.6 Å². The van der Waals surface area contributed by atoms with E-state index in [0.717, 1.165) is 40.7 Å². The summed E-state index contributed by atoms with van der Waals surface area (Å²) in [4.78, 5) is 33.3. The number of benzene rings is 1. The minimum atomic E-state index is -0.168. The molecular weight excluding hydrogens is 394 g/mol. The number of hydrogen-bond donors (Lipinski definition) is 2. The quantitative estimate of drug-likeness (QED) is 0.665. The molecule has 158 valence electrons. The number of ether oxygens (including phenoxy) is 1. The average Bonchev–Trinajstić information content (AvgIpc) is 3.19. The number of carbonyl (C=O) groups is 2. The van der Waals surface area contributed by atoms with Crippen LogP contribution in [0.15, 0.2) is 30.6 Å². The number of aromatic nitrogens is 3. The molecule has 2 N–H and O–H groups in total. The zero-order chi connectivity index (χ0) is 21.1. The van der Waals surface area contributed by atoms with Crippen LogP contribution in [-0.4, -0.2) is 39.0 Å². The number of nitrogens with zero attached hydrogens (tertiary/aromatic N) is 3. The van der Waals surface area contributed by atoms with E-state index in [4.69, 9.17) is 9.72 Å². The van der Waals surface area contributed by atoms with E-state index in [0.29, 0.717) is 37.0 Å². The van der Waals surface area contributed by atoms with Gasteiger partial charge in [-0.25, -0.2) is 9.97 Å². The van der Waals surface area contributed by atoms with Gasteiger partial charge in [0, 0.05) is 42.6 Å². The summed E-state index contributed by atoms with van der Waals surface area (Å²) in [7, 11) is 0. The van der Waals surface area contributed by atoms with Gasteiger partial charge in [0.15, 0.2) is 0 Å². The normalized spacial score (nSPS) is 21.1. The fraction of sp³-hybridized carbons (Fsp3) is 0.391. The van der Waals surface area contributed by atoms with Crippen molar-refractivity contribution in [2.75, 3.05) is 6.54 Å². The maximum Gasteiger partial charge on any atom is 0.251 e. The van der Waals surface area contributed by atoms with Gasteiger partial charge >= 0.3 is 0 Å². The van der Waals surface area contributed by atoms with Crippen molar-refractivity contribution in [1.82, 2.24) is 25.2 Å². The Balaban J connectivity index is 1.43. The zero-order valence-corrected chi connectivity index (χ0v) is 17.2. The lowest BCUT2D eigenvalue weighted by molar-refractivity contribution is -0.119. The highest BCUT2D eigenvalue weighted by Crippen LogP contribution is 2.40. The van der Waals surface area contributed by atoms with Crippen LogP contribution in [-0.2, 0) is 11.3 Å². The van der Waals surface area contributed by atoms with Gasteiger partial charge in [-0.3, -0.25) is 9.59 Å². The third-order valence-corrected chi connectivity index (χ3v) is 6.52. The van der Waals surface area contributed by atoms with Crippen molar-refractivity contribution < 1.29 is 14.3 Å². The topological polar surface area (TPSA) is 98.1 Å². The summed E-state index contributed by atoms with van der Waals surface area (Å²) in [6, 6.07) is 8.24. The van der Waals surface area contributed by atoms with Gasteiger partial charge < -0.3 is 19.9 Å². The summed E-state index contributed by atoms with van der Waals surface area (Å²) in [5.41, 5.74) is 4.98. The van der Waals surface area contributed by atoms with Crippen LogP contribution in [0, 0.1) is 5.92 Å². The Kier molecular flexibility index (Phi) is 4.03. The fourth-order valence-corrected chi connectivity index (χ4v) is 4.49. The zero-order valence-electron chi connectivity index (χ0n) is 17.2. The lowest BCUT2D eigenvalue weighted by Gasteiger charge is -2.20. The molecule has 6 rings (SSSR count). The van der Waals surface area contributed by atoms with Crippen LogP contribution in [0.2, 0.25) is 0 Å². The predicted molar refractivity (Wildman–Crippen MR) is 114 cm³/mol. The Morgan fingerprint density at radius 2 is 2.06 bits per heavy atom. The van der Waals surface area contributed by atoms with Gasteiger partial charge in [0.05, 0.1) is 17.5 Å². The first kappa shape index (κ1) is 18.4. The monoisotopic (exact) mass is 417 g/mol. The standard InChI is InChI=1S/C23H23N5O3/c1-12(15-7-20(29)24-10-15)31-23-21-19(26-11-28(21)16-4-5-16)8-18(27-23)13-2-3-14-9-25-22(30)17(14)6-13/h2-3,6,8,11-12,15-16H,4-5,7,9-10H2,1H3,(H,24,29)(H,25,30). The molecule has 0 bridgehead atoms. The molecule has 3 aromatic rings. The van der Waals surface area contributed by atoms with Gasteiger partial charge in [-0.1, -0.05) is 12.1 Å². The molecule has 2 aliphatic heterocycles. The maximum atomic E-state index is 12.1. The molecular formula is C23H23N5O3. The average molecular weight is 417 g/mol. The highest BCUT2D eigenvalue weighted by Gasteiger charge is 2.31. The van der Waals surface area contributed by atoms with E-state index < -0.39 is 0 Å². The van der Waals surface area contributed by atoms with Crippen molar-refractivity contribution in [3.63, 3.8) is 0 Å². The maximum absolute atomic E-state index is 12.1. The molecule has 3 aliphatic rings. The molecule has 4 heterocycles. The van der Waals surface area contributed by atoms with Gasteiger partial charge in [0.2, 0.25) is 11.8 Å². The number of carbonyl (C=O) groups excluding carboxylic acids is 2. The molecule has 2 amide bonds. The summed E-state index contributed by atoms with van der Waals surface area (Å²) >= 11 is 0. The van der Waals surface area contributed by atoms with Gasteiger partial charge in [-0.2, -0.15) is 0 Å². The molecule has 0 spiro atoms. The molecule has 8 nitrogen and oxygen atoms in total. The van der Waals surface area contributed by atoms with Gasteiger partial charge in [0.25, 0.3) is 5.91 Å². The lowest BCUT2D eigenvalue weighted by Crippen LogP contribution is -2.26. The summed E-state index contributed by atoms with van der Waals surface area (Å²) in [6.45, 7) is 3.17. The fourth-order valence-electron chi connectivity index (χ4n) is 4.49. The first-order chi connectivity index (χ1) is 15.1. The Morgan fingerprint density at radius 1 is 1.19 bits per heavy atom. The Morgan fingerprint density at radius 3 is 2.84 bits per heavy atom. The van der Waals surface area contributed by atoms with Crippen LogP contribution >= 0.6 is 0 Å². The largest absolute Gasteiger partial charge is 0.473 e. The number of rotatable bonds is 5. The number of imidazole rings is 1. The second kappa shape index (κ2) is 6.80. The highest BCUT2D eigenvalue weighted by molar-refractivity contribution is 5.99. The van der Waals surface area contributed by atoms with Crippen LogP contribution in [0.25, 0.3) is 22.3 Å². The summed E-state index contributed by atoms with van der Waals surface area (Å²) in [5.74, 6) is 0.647. The van der Waals surface area contributed by atoms with E-state index in [9.17, 15) is 9.59 Å². The first-order valence-corrected chi connectivity index (χ1v) is 10.8. The van der Waals surface area contributed by atoms with E-state index in [1.165, 1.54) is 0 Å². The Hall–Kier alpha value is -3.42. The molecule has 8 heteroatoms. The van der Waals surface area contributed by atoms with E-state index in [1.807, 2.05) is 37.5 Å². The number of pyridine rings is 1. The Labute approximate surface area is 179 Å². The number of hydrogen-bond acceptors (Lipinski definition) is 5. The van der Waals surface area contributed by atoms with E-state index in [-0.39, 0.29) is 23.8 Å². The second-order valence-corrected chi connectivity index (χ2v) is 8.71. The summed E-state index contributed by atoms with van der Waals surface area (Å²) in [6.07, 6.45) is 4.42. The molecule has 1 aliphatic carbocycles. The van der Waals surface area contributed by atoms with E-state index >= 15 is 0 Å². The third kappa shape index (κ3) is 3.13. The smallest absolute Gasteiger partial charge is 0.251 e. The van der Waals surface area contributed by atoms with Gasteiger partial charge in [-0.05, 0) is 37.5 Å². The van der Waals surface area contributed by atoms with Gasteiger partial charge in [-0.15, -0.1) is 0 Å². The van der Waals surface area contributed by atoms with Crippen LogP contribution in [0.1, 0.15) is 48.1 Å². The second-order valence-electron chi connectivity index (χ2n) is 8.71. The van der Waals surface area contributed by atoms with Crippen molar-refractivity contribution in [2.45, 2.75) is 44.9 Å². The lowest BCUT2D eigenvalue weighted by atomic mass is 10.0. The molecule has 1 aromatic carbocycles. The molecule has 0 radical (unpaired) electrons. The minimum absolute atomic E-state index is 0.0561. The number of fused-ring (bicyclic) bond motifs is 2. The highest BCUT2D eigenvalue weighted by atomic mass is 16.5. The van der Waals surface area contributed by atoms with Crippen molar-refractivity contribution in [2.24, 2.45) is 5.92 Å². The van der Waals surface area contributed by atoms with Crippen LogP contribution in [0.3, 0.4) is 0 Å². The SMILES string of the molecule is CC(Oc1nc(-c2ccc3c(c2)C(=O)NC3)cc2ncn(C3CC3)c12)C1CNC(=O)C1. The molecule has 2 unspecified atom stereocenters. The first-order valence-electron chi connectivity index (χ1n) is 10.8. The summed E-state index contributed by atoms with van der Waals surface area (Å²) in [5, 5.41) is 5.73. The summed E-state index contributed by atoms with van der Waals surface area (Å²) < 4.78 is 8.52. The van der Waals surface area contributed by atoms with Crippen molar-refractivity contribution in [3.8, 4) is 17.1 Å². The molecule has 1 saturated carbocycles. The Bertz CT molecular complexity index is 1230. The molecule has 1 saturated heterocycles. The molecule has 2 aromatic heterocycles. The third-order valence-electron chi connectivity index (χ3n) is 6.52. The molecule has 31 heavy (non-hydrogen) atoms. The predicted octanol–water partition coefficient (Wildman–Crippen LogP) is 2.58. The van der Waals surface area contributed by atoms with E-state index in [2.05, 4.69) is 20.2 Å². The van der Waals surface area contributed by atoms with Crippen molar-refractivity contribution in [1.29, 1.82) is 0 Å². The minimum Gasteiger partial charge on any atom is -0.473 e. The van der Waals surface area contributed by atoms with Crippen LogP contribution in [0.5, 0.6) is 5.88 Å².